The fourth-order valence-electron chi connectivity index (χ4n) is 3.10. The van der Waals surface area contributed by atoms with Crippen molar-refractivity contribution in [3.05, 3.63) is 63.1 Å². The lowest BCUT2D eigenvalue weighted by Gasteiger charge is -2.12. The molecule has 2 aromatic rings. The van der Waals surface area contributed by atoms with E-state index in [0.29, 0.717) is 5.56 Å². The molecule has 0 bridgehead atoms. The molecule has 0 heterocycles. The first-order valence-electron chi connectivity index (χ1n) is 8.70. The monoisotopic (exact) mass is 534 g/mol. The summed E-state index contributed by atoms with van der Waals surface area (Å²) in [7, 11) is 0. The van der Waals surface area contributed by atoms with Crippen molar-refractivity contribution >= 4 is 63.9 Å². The second-order valence-corrected chi connectivity index (χ2v) is 9.17. The Morgan fingerprint density at radius 2 is 1.69 bits per heavy atom. The highest BCUT2D eigenvalue weighted by molar-refractivity contribution is 6.53. The highest BCUT2D eigenvalue weighted by atomic mass is 35.5. The summed E-state index contributed by atoms with van der Waals surface area (Å²) in [6, 6.07) is 5.50. The average molecular weight is 536 g/mol. The molecule has 2 N–H and O–H groups in total. The van der Waals surface area contributed by atoms with E-state index in [1.807, 2.05) is 0 Å². The minimum absolute atomic E-state index is 0.175. The van der Waals surface area contributed by atoms with Crippen LogP contribution in [0.4, 0.5) is 27.6 Å². The van der Waals surface area contributed by atoms with Gasteiger partial charge in [-0.2, -0.15) is 13.2 Å². The zero-order valence-electron chi connectivity index (χ0n) is 15.5. The van der Waals surface area contributed by atoms with Crippen LogP contribution in [-0.2, 0) is 4.79 Å². The van der Waals surface area contributed by atoms with Gasteiger partial charge in [-0.1, -0.05) is 29.3 Å². The number of rotatable bonds is 5. The van der Waals surface area contributed by atoms with Gasteiger partial charge in [0.2, 0.25) is 5.91 Å². The van der Waals surface area contributed by atoms with Gasteiger partial charge < -0.3 is 10.6 Å². The van der Waals surface area contributed by atoms with E-state index in [4.69, 9.17) is 46.4 Å². The maximum absolute atomic E-state index is 14.2. The van der Waals surface area contributed by atoms with Crippen LogP contribution in [0.1, 0.15) is 21.8 Å². The second-order valence-electron chi connectivity index (χ2n) is 6.91. The summed E-state index contributed by atoms with van der Waals surface area (Å²) in [5.41, 5.74) is -0.589. The number of nitrogens with one attached hydrogen (secondary N) is 2. The molecule has 1 aliphatic carbocycles. The van der Waals surface area contributed by atoms with E-state index in [-0.39, 0.29) is 10.7 Å². The molecule has 32 heavy (non-hydrogen) atoms. The quantitative estimate of drug-likeness (QED) is 0.359. The summed E-state index contributed by atoms with van der Waals surface area (Å²) >= 11 is 23.9. The molecule has 1 saturated carbocycles. The Balaban J connectivity index is 1.79. The Morgan fingerprint density at radius 1 is 1.03 bits per heavy atom. The predicted molar refractivity (Wildman–Crippen MR) is 111 cm³/mol. The average Bonchev–Trinajstić information content (AvgIpc) is 3.26. The number of alkyl halides is 5. The van der Waals surface area contributed by atoms with Gasteiger partial charge >= 0.3 is 6.18 Å². The van der Waals surface area contributed by atoms with Gasteiger partial charge in [0.25, 0.3) is 5.91 Å². The number of hydrogen-bond acceptors (Lipinski definition) is 2. The summed E-state index contributed by atoms with van der Waals surface area (Å²) in [6.45, 7) is -1.69. The van der Waals surface area contributed by atoms with Crippen LogP contribution < -0.4 is 10.6 Å². The van der Waals surface area contributed by atoms with Crippen molar-refractivity contribution in [3.63, 3.8) is 0 Å². The smallest absolute Gasteiger partial charge is 0.343 e. The first-order chi connectivity index (χ1) is 14.7. The lowest BCUT2D eigenvalue weighted by Crippen LogP contribution is -2.34. The van der Waals surface area contributed by atoms with Crippen LogP contribution in [0.25, 0.3) is 0 Å². The summed E-state index contributed by atoms with van der Waals surface area (Å²) < 4.78 is 62.9. The van der Waals surface area contributed by atoms with Crippen molar-refractivity contribution in [2.24, 2.45) is 5.92 Å². The van der Waals surface area contributed by atoms with Gasteiger partial charge in [0, 0.05) is 11.6 Å². The van der Waals surface area contributed by atoms with Gasteiger partial charge in [0.05, 0.1) is 21.5 Å². The summed E-state index contributed by atoms with van der Waals surface area (Å²) in [5, 5.41) is 3.06. The van der Waals surface area contributed by atoms with Crippen molar-refractivity contribution < 1.29 is 31.5 Å². The van der Waals surface area contributed by atoms with Crippen molar-refractivity contribution in [1.82, 2.24) is 5.32 Å². The van der Waals surface area contributed by atoms with Gasteiger partial charge in [-0.3, -0.25) is 9.59 Å². The molecule has 3 rings (SSSR count). The molecule has 2 atom stereocenters. The van der Waals surface area contributed by atoms with Gasteiger partial charge in [-0.25, -0.2) is 8.78 Å². The summed E-state index contributed by atoms with van der Waals surface area (Å²) in [6.07, 6.45) is -4.71. The predicted octanol–water partition coefficient (Wildman–Crippen LogP) is 6.09. The molecule has 4 nitrogen and oxygen atoms in total. The highest BCUT2D eigenvalue weighted by Crippen LogP contribution is 2.65. The third-order valence-corrected chi connectivity index (χ3v) is 6.13. The Kier molecular flexibility index (Phi) is 6.87. The topological polar surface area (TPSA) is 58.2 Å². The SMILES string of the molecule is O=C(NCC(F)(F)F)c1cc(NC(=O)[C@H]2[C@H](c3ccc(F)c(Cl)c3)C2(Cl)Cl)cc(Cl)c1F. The van der Waals surface area contributed by atoms with E-state index in [2.05, 4.69) is 5.32 Å². The second kappa shape index (κ2) is 8.85. The zero-order chi connectivity index (χ0) is 24.0. The summed E-state index contributed by atoms with van der Waals surface area (Å²) in [5.74, 6) is -5.85. The molecule has 0 saturated heterocycles. The molecule has 2 aromatic carbocycles. The van der Waals surface area contributed by atoms with E-state index in [1.165, 1.54) is 17.4 Å². The van der Waals surface area contributed by atoms with E-state index in [0.717, 1.165) is 18.2 Å². The molecular formula is C19H11Cl4F5N2O2. The molecule has 0 spiro atoms. The fraction of sp³-hybridized carbons (Fsp3) is 0.263. The van der Waals surface area contributed by atoms with Crippen LogP contribution in [0.15, 0.2) is 30.3 Å². The van der Waals surface area contributed by atoms with Crippen molar-refractivity contribution in [2.45, 2.75) is 16.4 Å². The number of anilines is 1. The van der Waals surface area contributed by atoms with Crippen molar-refractivity contribution in [3.8, 4) is 0 Å². The number of amides is 2. The fourth-order valence-corrected chi connectivity index (χ4v) is 4.33. The van der Waals surface area contributed by atoms with Crippen molar-refractivity contribution in [1.29, 1.82) is 0 Å². The number of carbonyl (C=O) groups excluding carboxylic acids is 2. The van der Waals surface area contributed by atoms with Gasteiger partial charge in [0.15, 0.2) is 5.82 Å². The Labute approximate surface area is 198 Å². The van der Waals surface area contributed by atoms with E-state index in [9.17, 15) is 31.5 Å². The zero-order valence-corrected chi connectivity index (χ0v) is 18.5. The molecule has 0 aliphatic heterocycles. The number of hydrogen-bond donors (Lipinski definition) is 2. The van der Waals surface area contributed by atoms with Gasteiger partial charge in [-0.05, 0) is 29.8 Å². The van der Waals surface area contributed by atoms with E-state index >= 15 is 0 Å². The van der Waals surface area contributed by atoms with E-state index in [1.54, 1.807) is 0 Å². The molecule has 1 fully saturated rings. The molecular weight excluding hydrogens is 525 g/mol. The normalized spacial score (nSPS) is 19.4. The third-order valence-electron chi connectivity index (χ3n) is 4.63. The number of benzene rings is 2. The van der Waals surface area contributed by atoms with Crippen LogP contribution >= 0.6 is 46.4 Å². The largest absolute Gasteiger partial charge is 0.405 e. The lowest BCUT2D eigenvalue weighted by molar-refractivity contribution is -0.123. The Hall–Kier alpha value is -1.81. The Bertz CT molecular complexity index is 1090. The lowest BCUT2D eigenvalue weighted by atomic mass is 10.1. The maximum atomic E-state index is 14.2. The van der Waals surface area contributed by atoms with Crippen molar-refractivity contribution in [2.75, 3.05) is 11.9 Å². The summed E-state index contributed by atoms with van der Waals surface area (Å²) in [4.78, 5) is 24.6. The first kappa shape index (κ1) is 24.8. The maximum Gasteiger partial charge on any atom is 0.405 e. The van der Waals surface area contributed by atoms with Crippen LogP contribution in [0.5, 0.6) is 0 Å². The molecule has 13 heteroatoms. The molecule has 1 aliphatic rings. The first-order valence-corrected chi connectivity index (χ1v) is 10.2. The van der Waals surface area contributed by atoms with Crippen LogP contribution in [0.2, 0.25) is 10.0 Å². The molecule has 0 unspecified atom stereocenters. The highest BCUT2D eigenvalue weighted by Gasteiger charge is 2.67. The molecule has 2 amide bonds. The Morgan fingerprint density at radius 3 is 2.28 bits per heavy atom. The number of carbonyl (C=O) groups is 2. The van der Waals surface area contributed by atoms with Crippen LogP contribution in [-0.4, -0.2) is 28.9 Å². The van der Waals surface area contributed by atoms with Crippen LogP contribution in [0, 0.1) is 17.6 Å². The van der Waals surface area contributed by atoms with Gasteiger partial charge in [-0.15, -0.1) is 23.2 Å². The molecule has 172 valence electrons. The molecule has 0 aromatic heterocycles. The standard InChI is InChI=1S/C19H11Cl4F5N2O2/c20-10-3-7(1-2-12(10)24)13-14(19(13,22)23)17(32)30-8-4-9(15(25)11(21)5-8)16(31)29-6-18(26,27)28/h1-5,13-14H,6H2,(H,29,31)(H,30,32)/t13-,14+/m0/s1. The number of halogens is 9. The minimum Gasteiger partial charge on any atom is -0.343 e. The minimum atomic E-state index is -4.71. The molecule has 0 radical (unpaired) electrons. The van der Waals surface area contributed by atoms with Gasteiger partial charge in [0.1, 0.15) is 16.7 Å². The van der Waals surface area contributed by atoms with Crippen LogP contribution in [0.3, 0.4) is 0 Å². The third kappa shape index (κ3) is 5.22. The van der Waals surface area contributed by atoms with E-state index < -0.39 is 62.9 Å².